The molecule has 2 heterocycles. The number of aryl methyl sites for hydroxylation is 1. The van der Waals surface area contributed by atoms with Gasteiger partial charge in [0.05, 0.1) is 18.7 Å². The van der Waals surface area contributed by atoms with Crippen LogP contribution in [0.3, 0.4) is 0 Å². The van der Waals surface area contributed by atoms with E-state index in [4.69, 9.17) is 4.74 Å². The van der Waals surface area contributed by atoms with E-state index in [2.05, 4.69) is 90.3 Å². The molecule has 0 bridgehead atoms. The second kappa shape index (κ2) is 8.90. The maximum absolute atomic E-state index is 5.38. The number of methoxy groups -OCH3 is 1. The fourth-order valence-corrected chi connectivity index (χ4v) is 4.45. The Morgan fingerprint density at radius 3 is 2.25 bits per heavy atom. The number of nitrogens with zero attached hydrogens (tertiary/aromatic N) is 6. The fraction of sp³-hybridized carbons (Fsp3) is 0.480. The third kappa shape index (κ3) is 4.35. The zero-order valence-corrected chi connectivity index (χ0v) is 20.0. The first-order chi connectivity index (χ1) is 15.3. The summed E-state index contributed by atoms with van der Waals surface area (Å²) < 4.78 is 7.34. The van der Waals surface area contributed by atoms with Crippen LogP contribution in [-0.2, 0) is 5.54 Å². The van der Waals surface area contributed by atoms with Crippen LogP contribution in [0.4, 0.5) is 5.69 Å². The largest absolute Gasteiger partial charge is 0.497 e. The average molecular weight is 435 g/mol. The van der Waals surface area contributed by atoms with Crippen LogP contribution in [0.15, 0.2) is 42.5 Å². The molecule has 1 fully saturated rings. The van der Waals surface area contributed by atoms with Crippen molar-refractivity contribution in [1.82, 2.24) is 25.1 Å². The average Bonchev–Trinajstić information content (AvgIpc) is 3.27. The molecule has 4 rings (SSSR count). The molecule has 32 heavy (non-hydrogen) atoms. The lowest BCUT2D eigenvalue weighted by Gasteiger charge is -2.41. The molecule has 1 atom stereocenters. The van der Waals surface area contributed by atoms with E-state index in [1.165, 1.54) is 22.4 Å². The minimum Gasteiger partial charge on any atom is -0.497 e. The minimum atomic E-state index is -0.204. The van der Waals surface area contributed by atoms with Crippen molar-refractivity contribution in [3.05, 3.63) is 65.0 Å². The van der Waals surface area contributed by atoms with Gasteiger partial charge in [0, 0.05) is 31.9 Å². The van der Waals surface area contributed by atoms with Gasteiger partial charge >= 0.3 is 0 Å². The molecule has 1 aromatic heterocycles. The molecule has 3 aromatic rings. The van der Waals surface area contributed by atoms with Crippen molar-refractivity contribution in [2.75, 3.05) is 38.2 Å². The highest BCUT2D eigenvalue weighted by atomic mass is 16.5. The zero-order valence-electron chi connectivity index (χ0n) is 20.0. The van der Waals surface area contributed by atoms with Gasteiger partial charge in [-0.3, -0.25) is 4.90 Å². The van der Waals surface area contributed by atoms with Crippen molar-refractivity contribution in [3.8, 4) is 5.75 Å². The van der Waals surface area contributed by atoms with Crippen molar-refractivity contribution in [1.29, 1.82) is 0 Å². The summed E-state index contributed by atoms with van der Waals surface area (Å²) in [5.41, 5.74) is 5.01. The molecule has 170 valence electrons. The summed E-state index contributed by atoms with van der Waals surface area (Å²) >= 11 is 0. The Bertz CT molecular complexity index is 1050. The van der Waals surface area contributed by atoms with E-state index in [1.807, 2.05) is 16.8 Å². The molecule has 2 aromatic carbocycles. The van der Waals surface area contributed by atoms with E-state index in [0.717, 1.165) is 37.8 Å². The molecule has 1 unspecified atom stereocenters. The van der Waals surface area contributed by atoms with E-state index >= 15 is 0 Å². The smallest absolute Gasteiger partial charge is 0.173 e. The number of ether oxygens (including phenoxy) is 1. The molecular weight excluding hydrogens is 400 g/mol. The quantitative estimate of drug-likeness (QED) is 0.606. The van der Waals surface area contributed by atoms with Gasteiger partial charge in [-0.2, -0.15) is 0 Å². The van der Waals surface area contributed by atoms with Gasteiger partial charge < -0.3 is 9.64 Å². The maximum atomic E-state index is 5.38. The van der Waals surface area contributed by atoms with Gasteiger partial charge in [-0.15, -0.1) is 5.10 Å². The summed E-state index contributed by atoms with van der Waals surface area (Å²) in [6, 6.07) is 14.8. The second-order valence-electron chi connectivity index (χ2n) is 9.54. The first-order valence-electron chi connectivity index (χ1n) is 11.3. The third-order valence-electron chi connectivity index (χ3n) is 6.40. The van der Waals surface area contributed by atoms with Crippen molar-refractivity contribution in [3.63, 3.8) is 0 Å². The number of rotatable bonds is 5. The topological polar surface area (TPSA) is 59.3 Å². The Morgan fingerprint density at radius 1 is 0.938 bits per heavy atom. The van der Waals surface area contributed by atoms with E-state index in [1.54, 1.807) is 7.11 Å². The highest BCUT2D eigenvalue weighted by Gasteiger charge is 2.33. The molecule has 0 spiro atoms. The third-order valence-corrected chi connectivity index (χ3v) is 6.40. The highest BCUT2D eigenvalue weighted by Crippen LogP contribution is 2.32. The Hall–Kier alpha value is -2.93. The molecule has 0 saturated carbocycles. The number of benzene rings is 2. The molecule has 0 N–H and O–H groups in total. The molecule has 0 amide bonds. The van der Waals surface area contributed by atoms with Crippen molar-refractivity contribution in [2.24, 2.45) is 0 Å². The summed E-state index contributed by atoms with van der Waals surface area (Å²) in [5, 5.41) is 12.9. The van der Waals surface area contributed by atoms with Crippen LogP contribution < -0.4 is 9.64 Å². The van der Waals surface area contributed by atoms with Gasteiger partial charge in [-0.05, 0) is 79.9 Å². The predicted octanol–water partition coefficient (Wildman–Crippen LogP) is 3.97. The lowest BCUT2D eigenvalue weighted by Crippen LogP contribution is -2.49. The molecule has 1 aliphatic rings. The minimum absolute atomic E-state index is 0.0177. The van der Waals surface area contributed by atoms with Gasteiger partial charge in [0.1, 0.15) is 5.75 Å². The number of hydrogen-bond donors (Lipinski definition) is 0. The Balaban J connectivity index is 1.64. The molecule has 1 aliphatic heterocycles. The van der Waals surface area contributed by atoms with Gasteiger partial charge in [-0.1, -0.05) is 24.3 Å². The van der Waals surface area contributed by atoms with Crippen LogP contribution in [0.5, 0.6) is 5.75 Å². The van der Waals surface area contributed by atoms with Gasteiger partial charge in [0.2, 0.25) is 0 Å². The fourth-order valence-electron chi connectivity index (χ4n) is 4.45. The summed E-state index contributed by atoms with van der Waals surface area (Å²) in [4.78, 5) is 4.99. The van der Waals surface area contributed by atoms with Crippen LogP contribution in [0.25, 0.3) is 0 Å². The van der Waals surface area contributed by atoms with E-state index in [-0.39, 0.29) is 11.6 Å². The van der Waals surface area contributed by atoms with Crippen molar-refractivity contribution < 1.29 is 4.74 Å². The Kier molecular flexibility index (Phi) is 6.20. The molecule has 7 nitrogen and oxygen atoms in total. The normalized spacial score (nSPS) is 16.2. The van der Waals surface area contributed by atoms with E-state index in [0.29, 0.717) is 0 Å². The predicted molar refractivity (Wildman–Crippen MR) is 127 cm³/mol. The maximum Gasteiger partial charge on any atom is 0.173 e. The number of aromatic nitrogens is 4. The Labute approximate surface area is 191 Å². The van der Waals surface area contributed by atoms with E-state index < -0.39 is 0 Å². The molecule has 1 saturated heterocycles. The first kappa shape index (κ1) is 22.3. The second-order valence-corrected chi connectivity index (χ2v) is 9.54. The molecule has 0 radical (unpaired) electrons. The lowest BCUT2D eigenvalue weighted by molar-refractivity contribution is 0.191. The summed E-state index contributed by atoms with van der Waals surface area (Å²) in [5.74, 6) is 1.73. The molecule has 0 aliphatic carbocycles. The Morgan fingerprint density at radius 2 is 1.62 bits per heavy atom. The number of anilines is 1. The molecule has 7 heteroatoms. The van der Waals surface area contributed by atoms with E-state index in [9.17, 15) is 0 Å². The SMILES string of the molecule is COc1ccc(C(c2nnnn2C(C)(C)C)N2CCN(c3cccc(C)c3C)CC2)cc1. The lowest BCUT2D eigenvalue weighted by atomic mass is 10.0. The van der Waals surface area contributed by atoms with Crippen LogP contribution in [0.2, 0.25) is 0 Å². The summed E-state index contributed by atoms with van der Waals surface area (Å²) in [7, 11) is 1.69. The van der Waals surface area contributed by atoms with Gasteiger partial charge in [0.15, 0.2) is 5.82 Å². The summed E-state index contributed by atoms with van der Waals surface area (Å²) in [6.45, 7) is 14.6. The van der Waals surface area contributed by atoms with Crippen LogP contribution in [0, 0.1) is 13.8 Å². The number of hydrogen-bond acceptors (Lipinski definition) is 6. The first-order valence-corrected chi connectivity index (χ1v) is 11.3. The number of piperazine rings is 1. The van der Waals surface area contributed by atoms with Crippen LogP contribution in [-0.4, -0.2) is 58.4 Å². The van der Waals surface area contributed by atoms with Crippen molar-refractivity contribution in [2.45, 2.75) is 46.2 Å². The standard InChI is InChI=1S/C25H34N6O/c1-18-8-7-9-22(19(18)2)29-14-16-30(17-15-29)23(20-10-12-21(32-6)13-11-20)24-26-27-28-31(24)25(3,4)5/h7-13,23H,14-17H2,1-6H3. The van der Waals surface area contributed by atoms with Crippen molar-refractivity contribution >= 4 is 5.69 Å². The van der Waals surface area contributed by atoms with Gasteiger partial charge in [-0.25, -0.2) is 4.68 Å². The monoisotopic (exact) mass is 434 g/mol. The highest BCUT2D eigenvalue weighted by molar-refractivity contribution is 5.56. The zero-order chi connectivity index (χ0) is 22.9. The van der Waals surface area contributed by atoms with Crippen LogP contribution >= 0.6 is 0 Å². The summed E-state index contributed by atoms with van der Waals surface area (Å²) in [6.07, 6.45) is 0. The molecular formula is C25H34N6O. The number of tetrazole rings is 1. The van der Waals surface area contributed by atoms with Crippen LogP contribution in [0.1, 0.15) is 49.3 Å². The van der Waals surface area contributed by atoms with Gasteiger partial charge in [0.25, 0.3) is 0 Å².